The van der Waals surface area contributed by atoms with Crippen LogP contribution in [-0.4, -0.2) is 18.4 Å². The van der Waals surface area contributed by atoms with Gasteiger partial charge in [-0.3, -0.25) is 9.59 Å². The molecule has 0 atom stereocenters. The third kappa shape index (κ3) is 4.29. The summed E-state index contributed by atoms with van der Waals surface area (Å²) in [5, 5.41) is 5.52. The highest BCUT2D eigenvalue weighted by molar-refractivity contribution is 14.1. The predicted octanol–water partition coefficient (Wildman–Crippen LogP) is 3.29. The van der Waals surface area contributed by atoms with Gasteiger partial charge in [-0.05, 0) is 72.0 Å². The van der Waals surface area contributed by atoms with Gasteiger partial charge >= 0.3 is 0 Å². The van der Waals surface area contributed by atoms with E-state index in [0.717, 1.165) is 3.57 Å². The Hall–Kier alpha value is -1.89. The van der Waals surface area contributed by atoms with Crippen molar-refractivity contribution in [3.63, 3.8) is 0 Å². The van der Waals surface area contributed by atoms with Gasteiger partial charge < -0.3 is 10.6 Å². The van der Waals surface area contributed by atoms with Gasteiger partial charge in [0.15, 0.2) is 0 Å². The third-order valence-corrected chi connectivity index (χ3v) is 3.55. The molecule has 0 bridgehead atoms. The van der Waals surface area contributed by atoms with Crippen LogP contribution in [0.15, 0.2) is 48.5 Å². The van der Waals surface area contributed by atoms with E-state index in [4.69, 9.17) is 0 Å². The molecule has 2 amide bonds. The normalized spacial score (nSPS) is 10.0. The Morgan fingerprint density at radius 1 is 1.00 bits per heavy atom. The van der Waals surface area contributed by atoms with Crippen molar-refractivity contribution >= 4 is 40.1 Å². The highest BCUT2D eigenvalue weighted by Crippen LogP contribution is 2.13. The second kappa shape index (κ2) is 7.21. The summed E-state index contributed by atoms with van der Waals surface area (Å²) >= 11 is 2.19. The maximum absolute atomic E-state index is 12.1. The number of halogens is 1. The Balaban J connectivity index is 2.12. The molecule has 0 aliphatic carbocycles. The summed E-state index contributed by atoms with van der Waals surface area (Å²) in [7, 11) is 0. The number of nitrogens with one attached hydrogen (secondary N) is 2. The van der Waals surface area contributed by atoms with Gasteiger partial charge in [0.2, 0.25) is 0 Å². The van der Waals surface area contributed by atoms with Crippen LogP contribution in [0.3, 0.4) is 0 Å². The van der Waals surface area contributed by atoms with Crippen molar-refractivity contribution in [3.05, 3.63) is 63.2 Å². The number of hydrogen-bond acceptors (Lipinski definition) is 2. The molecular weight excluding hydrogens is 379 g/mol. The minimum atomic E-state index is -0.195. The SMILES string of the molecule is CCNC(=O)c1cccc(NC(=O)c2ccc(I)cc2)c1. The van der Waals surface area contributed by atoms with E-state index in [1.165, 1.54) is 0 Å². The lowest BCUT2D eigenvalue weighted by Gasteiger charge is -2.07. The van der Waals surface area contributed by atoms with Gasteiger partial charge in [0.05, 0.1) is 0 Å². The maximum Gasteiger partial charge on any atom is 0.255 e. The van der Waals surface area contributed by atoms with Crippen LogP contribution in [-0.2, 0) is 0 Å². The molecule has 0 radical (unpaired) electrons. The first-order valence-corrected chi connectivity index (χ1v) is 7.63. The smallest absolute Gasteiger partial charge is 0.255 e. The van der Waals surface area contributed by atoms with Crippen LogP contribution in [0.2, 0.25) is 0 Å². The minimum absolute atomic E-state index is 0.150. The van der Waals surface area contributed by atoms with Crippen molar-refractivity contribution in [3.8, 4) is 0 Å². The summed E-state index contributed by atoms with van der Waals surface area (Å²) in [5.41, 5.74) is 1.71. The van der Waals surface area contributed by atoms with E-state index in [0.29, 0.717) is 23.4 Å². The fourth-order valence-electron chi connectivity index (χ4n) is 1.81. The fraction of sp³-hybridized carbons (Fsp3) is 0.125. The van der Waals surface area contributed by atoms with E-state index in [2.05, 4.69) is 33.2 Å². The average Bonchev–Trinajstić information content (AvgIpc) is 2.48. The monoisotopic (exact) mass is 394 g/mol. The number of hydrogen-bond donors (Lipinski definition) is 2. The van der Waals surface area contributed by atoms with Crippen molar-refractivity contribution in [2.45, 2.75) is 6.92 Å². The number of amides is 2. The largest absolute Gasteiger partial charge is 0.352 e. The predicted molar refractivity (Wildman–Crippen MR) is 91.6 cm³/mol. The maximum atomic E-state index is 12.1. The molecule has 0 aliphatic rings. The molecular formula is C16H15IN2O2. The number of anilines is 1. The molecule has 0 aliphatic heterocycles. The fourth-order valence-corrected chi connectivity index (χ4v) is 2.16. The van der Waals surface area contributed by atoms with Crippen LogP contribution >= 0.6 is 22.6 Å². The molecule has 21 heavy (non-hydrogen) atoms. The van der Waals surface area contributed by atoms with Crippen LogP contribution in [0.25, 0.3) is 0 Å². The first kappa shape index (κ1) is 15.5. The molecule has 0 spiro atoms. The van der Waals surface area contributed by atoms with Gasteiger partial charge in [-0.25, -0.2) is 0 Å². The van der Waals surface area contributed by atoms with Crippen molar-refractivity contribution in [1.29, 1.82) is 0 Å². The summed E-state index contributed by atoms with van der Waals surface area (Å²) in [6, 6.07) is 14.2. The van der Waals surface area contributed by atoms with Gasteiger partial charge in [-0.15, -0.1) is 0 Å². The first-order chi connectivity index (χ1) is 10.1. The quantitative estimate of drug-likeness (QED) is 0.782. The van der Waals surface area contributed by atoms with Gasteiger partial charge in [-0.2, -0.15) is 0 Å². The van der Waals surface area contributed by atoms with E-state index in [9.17, 15) is 9.59 Å². The second-order valence-corrected chi connectivity index (χ2v) is 5.65. The molecule has 2 rings (SSSR count). The van der Waals surface area contributed by atoms with Crippen LogP contribution in [0, 0.1) is 3.57 Å². The van der Waals surface area contributed by atoms with Crippen molar-refractivity contribution < 1.29 is 9.59 Å². The summed E-state index contributed by atoms with van der Waals surface area (Å²) in [5.74, 6) is -0.345. The highest BCUT2D eigenvalue weighted by Gasteiger charge is 2.08. The first-order valence-electron chi connectivity index (χ1n) is 6.55. The molecule has 0 unspecified atom stereocenters. The lowest BCUT2D eigenvalue weighted by atomic mass is 10.1. The zero-order chi connectivity index (χ0) is 15.2. The summed E-state index contributed by atoms with van der Waals surface area (Å²) in [4.78, 5) is 23.9. The standard InChI is InChI=1S/C16H15IN2O2/c1-2-18-15(20)12-4-3-5-14(10-12)19-16(21)11-6-8-13(17)9-7-11/h3-10H,2H2,1H3,(H,18,20)(H,19,21). The Morgan fingerprint density at radius 3 is 2.38 bits per heavy atom. The van der Waals surface area contributed by atoms with Crippen LogP contribution in [0.1, 0.15) is 27.6 Å². The Labute approximate surface area is 137 Å². The molecule has 0 heterocycles. The Bertz CT molecular complexity index is 654. The Kier molecular flexibility index (Phi) is 5.32. The molecule has 108 valence electrons. The lowest BCUT2D eigenvalue weighted by Crippen LogP contribution is -2.22. The average molecular weight is 394 g/mol. The van der Waals surface area contributed by atoms with Crippen molar-refractivity contribution in [2.24, 2.45) is 0 Å². The van der Waals surface area contributed by atoms with E-state index in [1.54, 1.807) is 36.4 Å². The van der Waals surface area contributed by atoms with Crippen LogP contribution in [0.5, 0.6) is 0 Å². The molecule has 2 N–H and O–H groups in total. The molecule has 0 fully saturated rings. The number of rotatable bonds is 4. The molecule has 4 nitrogen and oxygen atoms in total. The Morgan fingerprint density at radius 2 is 1.71 bits per heavy atom. The molecule has 2 aromatic rings. The highest BCUT2D eigenvalue weighted by atomic mass is 127. The van der Waals surface area contributed by atoms with E-state index in [1.807, 2.05) is 19.1 Å². The second-order valence-electron chi connectivity index (χ2n) is 4.40. The van der Waals surface area contributed by atoms with Gasteiger partial charge in [0, 0.05) is 26.9 Å². The van der Waals surface area contributed by atoms with Crippen LogP contribution in [0.4, 0.5) is 5.69 Å². The summed E-state index contributed by atoms with van der Waals surface area (Å²) < 4.78 is 1.07. The topological polar surface area (TPSA) is 58.2 Å². The van der Waals surface area contributed by atoms with Gasteiger partial charge in [0.25, 0.3) is 11.8 Å². The molecule has 0 aromatic heterocycles. The molecule has 2 aromatic carbocycles. The van der Waals surface area contributed by atoms with Gasteiger partial charge in [0.1, 0.15) is 0 Å². The molecule has 5 heteroatoms. The lowest BCUT2D eigenvalue weighted by molar-refractivity contribution is 0.0954. The minimum Gasteiger partial charge on any atom is -0.352 e. The third-order valence-electron chi connectivity index (χ3n) is 2.83. The summed E-state index contributed by atoms with van der Waals surface area (Å²) in [6.45, 7) is 2.43. The zero-order valence-electron chi connectivity index (χ0n) is 11.5. The molecule has 0 saturated carbocycles. The number of carbonyl (C=O) groups excluding carboxylic acids is 2. The number of carbonyl (C=O) groups is 2. The van der Waals surface area contributed by atoms with E-state index < -0.39 is 0 Å². The van der Waals surface area contributed by atoms with Crippen LogP contribution < -0.4 is 10.6 Å². The van der Waals surface area contributed by atoms with E-state index in [-0.39, 0.29) is 11.8 Å². The number of benzene rings is 2. The van der Waals surface area contributed by atoms with Crippen molar-refractivity contribution in [1.82, 2.24) is 5.32 Å². The van der Waals surface area contributed by atoms with Crippen molar-refractivity contribution in [2.75, 3.05) is 11.9 Å². The zero-order valence-corrected chi connectivity index (χ0v) is 13.7. The molecule has 0 saturated heterocycles. The van der Waals surface area contributed by atoms with Gasteiger partial charge in [-0.1, -0.05) is 6.07 Å². The summed E-state index contributed by atoms with van der Waals surface area (Å²) in [6.07, 6.45) is 0. The van der Waals surface area contributed by atoms with E-state index >= 15 is 0 Å².